The molecule has 1 aliphatic rings. The van der Waals surface area contributed by atoms with E-state index < -0.39 is 0 Å². The van der Waals surface area contributed by atoms with E-state index in [4.69, 9.17) is 0 Å². The van der Waals surface area contributed by atoms with E-state index in [1.165, 1.54) is 0 Å². The lowest BCUT2D eigenvalue weighted by Crippen LogP contribution is -1.90. The summed E-state index contributed by atoms with van der Waals surface area (Å²) in [6, 6.07) is 0. The fourth-order valence-corrected chi connectivity index (χ4v) is 0.767. The minimum absolute atomic E-state index is 0.556. The smallest absolute Gasteiger partial charge is 0.101 e. The number of hydrogen-bond donors (Lipinski definition) is 0. The van der Waals surface area contributed by atoms with E-state index >= 15 is 0 Å². The molecule has 0 saturated heterocycles. The van der Waals surface area contributed by atoms with Crippen LogP contribution in [0.15, 0.2) is 10.6 Å². The first-order chi connectivity index (χ1) is 3.89. The SMILES string of the molecule is BrC1=CCOOCC1. The summed E-state index contributed by atoms with van der Waals surface area (Å²) in [4.78, 5) is 9.34. The van der Waals surface area contributed by atoms with Crippen LogP contribution in [-0.2, 0) is 9.78 Å². The van der Waals surface area contributed by atoms with Gasteiger partial charge in [-0.25, -0.2) is 9.78 Å². The second-order valence-corrected chi connectivity index (χ2v) is 2.53. The highest BCUT2D eigenvalue weighted by molar-refractivity contribution is 9.11. The summed E-state index contributed by atoms with van der Waals surface area (Å²) in [6.45, 7) is 1.21. The second-order valence-electron chi connectivity index (χ2n) is 1.51. The average Bonchev–Trinajstić information content (AvgIpc) is 1.94. The monoisotopic (exact) mass is 178 g/mol. The van der Waals surface area contributed by atoms with Gasteiger partial charge in [-0.1, -0.05) is 15.9 Å². The van der Waals surface area contributed by atoms with Gasteiger partial charge >= 0.3 is 0 Å². The van der Waals surface area contributed by atoms with E-state index in [0.717, 1.165) is 10.9 Å². The molecule has 0 saturated carbocycles. The number of halogens is 1. The normalized spacial score (nSPS) is 21.9. The van der Waals surface area contributed by atoms with Gasteiger partial charge in [0.2, 0.25) is 0 Å². The van der Waals surface area contributed by atoms with Crippen LogP contribution in [0.2, 0.25) is 0 Å². The van der Waals surface area contributed by atoms with E-state index in [0.29, 0.717) is 13.2 Å². The Morgan fingerprint density at radius 2 is 2.38 bits per heavy atom. The lowest BCUT2D eigenvalue weighted by molar-refractivity contribution is -0.282. The Morgan fingerprint density at radius 3 is 3.25 bits per heavy atom. The average molecular weight is 179 g/mol. The Kier molecular flexibility index (Phi) is 2.52. The first-order valence-electron chi connectivity index (χ1n) is 2.48. The summed E-state index contributed by atoms with van der Waals surface area (Å²) in [5, 5.41) is 0. The van der Waals surface area contributed by atoms with Crippen molar-refractivity contribution < 1.29 is 9.78 Å². The predicted octanol–water partition coefficient (Wildman–Crippen LogP) is 1.62. The third-order valence-electron chi connectivity index (χ3n) is 0.880. The van der Waals surface area contributed by atoms with Crippen LogP contribution in [0.3, 0.4) is 0 Å². The largest absolute Gasteiger partial charge is 0.236 e. The molecular weight excluding hydrogens is 172 g/mol. The molecule has 1 aliphatic heterocycles. The van der Waals surface area contributed by atoms with Crippen LogP contribution in [0, 0.1) is 0 Å². The molecule has 0 radical (unpaired) electrons. The molecule has 0 spiro atoms. The number of hydrogen-bond acceptors (Lipinski definition) is 2. The first kappa shape index (κ1) is 6.26. The minimum atomic E-state index is 0.556. The molecule has 1 heterocycles. The molecule has 0 amide bonds. The molecule has 0 aromatic heterocycles. The zero-order valence-corrected chi connectivity index (χ0v) is 5.98. The summed E-state index contributed by atoms with van der Waals surface area (Å²) in [6.07, 6.45) is 2.87. The van der Waals surface area contributed by atoms with Crippen molar-refractivity contribution in [3.63, 3.8) is 0 Å². The predicted molar refractivity (Wildman–Crippen MR) is 33.5 cm³/mol. The Hall–Kier alpha value is 0.140. The molecule has 8 heavy (non-hydrogen) atoms. The van der Waals surface area contributed by atoms with Crippen LogP contribution >= 0.6 is 15.9 Å². The van der Waals surface area contributed by atoms with Crippen molar-refractivity contribution in [2.45, 2.75) is 6.42 Å². The highest BCUT2D eigenvalue weighted by Crippen LogP contribution is 2.12. The van der Waals surface area contributed by atoms with Gasteiger partial charge in [-0.15, -0.1) is 0 Å². The standard InChI is InChI=1S/C5H7BrO2/c6-5-1-3-7-8-4-2-5/h1H,2-4H2. The molecule has 0 aromatic carbocycles. The molecule has 1 rings (SSSR count). The molecule has 0 fully saturated rings. The Labute approximate surface area is 56.5 Å². The van der Waals surface area contributed by atoms with Crippen molar-refractivity contribution in [1.82, 2.24) is 0 Å². The summed E-state index contributed by atoms with van der Waals surface area (Å²) in [5.74, 6) is 0. The molecule has 0 aliphatic carbocycles. The van der Waals surface area contributed by atoms with E-state index in [1.807, 2.05) is 6.08 Å². The molecule has 2 nitrogen and oxygen atoms in total. The van der Waals surface area contributed by atoms with E-state index in [2.05, 4.69) is 25.7 Å². The van der Waals surface area contributed by atoms with Crippen molar-refractivity contribution in [1.29, 1.82) is 0 Å². The third kappa shape index (κ3) is 1.94. The van der Waals surface area contributed by atoms with Gasteiger partial charge in [-0.05, 0) is 10.6 Å². The van der Waals surface area contributed by atoms with Gasteiger partial charge in [0.05, 0.1) is 6.61 Å². The van der Waals surface area contributed by atoms with E-state index in [-0.39, 0.29) is 0 Å². The van der Waals surface area contributed by atoms with Crippen LogP contribution < -0.4 is 0 Å². The van der Waals surface area contributed by atoms with Crippen LogP contribution in [0.25, 0.3) is 0 Å². The summed E-state index contributed by atoms with van der Waals surface area (Å²) >= 11 is 3.34. The zero-order valence-electron chi connectivity index (χ0n) is 4.39. The highest BCUT2D eigenvalue weighted by atomic mass is 79.9. The molecule has 0 atom stereocenters. The van der Waals surface area contributed by atoms with Crippen LogP contribution in [-0.4, -0.2) is 13.2 Å². The van der Waals surface area contributed by atoms with Crippen molar-refractivity contribution in [3.05, 3.63) is 10.6 Å². The molecule has 0 bridgehead atoms. The van der Waals surface area contributed by atoms with Crippen LogP contribution in [0.5, 0.6) is 0 Å². The van der Waals surface area contributed by atoms with Gasteiger partial charge in [-0.2, -0.15) is 0 Å². The van der Waals surface area contributed by atoms with Crippen LogP contribution in [0.1, 0.15) is 6.42 Å². The maximum Gasteiger partial charge on any atom is 0.101 e. The summed E-state index contributed by atoms with van der Waals surface area (Å²) in [5.41, 5.74) is 0. The Balaban J connectivity index is 2.36. The summed E-state index contributed by atoms with van der Waals surface area (Å²) < 4.78 is 1.16. The molecule has 0 aromatic rings. The maximum atomic E-state index is 4.68. The van der Waals surface area contributed by atoms with Crippen molar-refractivity contribution >= 4 is 15.9 Å². The Morgan fingerprint density at radius 1 is 1.50 bits per heavy atom. The summed E-state index contributed by atoms with van der Waals surface area (Å²) in [7, 11) is 0. The minimum Gasteiger partial charge on any atom is -0.236 e. The van der Waals surface area contributed by atoms with Gasteiger partial charge in [-0.3, -0.25) is 0 Å². The molecule has 3 heteroatoms. The quantitative estimate of drug-likeness (QED) is 0.526. The molecule has 46 valence electrons. The number of rotatable bonds is 0. The van der Waals surface area contributed by atoms with Gasteiger partial charge in [0, 0.05) is 6.42 Å². The van der Waals surface area contributed by atoms with Gasteiger partial charge < -0.3 is 0 Å². The molecular formula is C5H7BrO2. The highest BCUT2D eigenvalue weighted by Gasteiger charge is 1.97. The van der Waals surface area contributed by atoms with Crippen LogP contribution in [0.4, 0.5) is 0 Å². The topological polar surface area (TPSA) is 18.5 Å². The van der Waals surface area contributed by atoms with Gasteiger partial charge in [0.15, 0.2) is 0 Å². The lowest BCUT2D eigenvalue weighted by Gasteiger charge is -1.92. The van der Waals surface area contributed by atoms with E-state index in [9.17, 15) is 0 Å². The fraction of sp³-hybridized carbons (Fsp3) is 0.600. The third-order valence-corrected chi connectivity index (χ3v) is 1.60. The fourth-order valence-electron chi connectivity index (χ4n) is 0.473. The Bertz CT molecular complexity index is 101. The lowest BCUT2D eigenvalue weighted by atomic mass is 10.4. The van der Waals surface area contributed by atoms with Crippen molar-refractivity contribution in [3.8, 4) is 0 Å². The van der Waals surface area contributed by atoms with E-state index in [1.54, 1.807) is 0 Å². The first-order valence-corrected chi connectivity index (χ1v) is 3.28. The van der Waals surface area contributed by atoms with Crippen molar-refractivity contribution in [2.24, 2.45) is 0 Å². The zero-order chi connectivity index (χ0) is 5.82. The molecule has 0 unspecified atom stereocenters. The maximum absolute atomic E-state index is 4.68. The van der Waals surface area contributed by atoms with Gasteiger partial charge in [0.25, 0.3) is 0 Å². The van der Waals surface area contributed by atoms with Gasteiger partial charge in [0.1, 0.15) is 6.61 Å². The van der Waals surface area contributed by atoms with Crippen molar-refractivity contribution in [2.75, 3.05) is 13.2 Å². The second kappa shape index (κ2) is 3.22. The molecule has 0 N–H and O–H groups in total.